The van der Waals surface area contributed by atoms with Crippen molar-refractivity contribution in [1.29, 1.82) is 0 Å². The molecule has 1 aromatic carbocycles. The Morgan fingerprint density at radius 2 is 2.22 bits per heavy atom. The highest BCUT2D eigenvalue weighted by Gasteiger charge is 2.16. The fourth-order valence-corrected chi connectivity index (χ4v) is 2.85. The number of rotatable bonds is 4. The standard InChI is InChI=1S/C13H13BrFNOS/c1-8-4-5-18-13(8)12(7-16)17-9-2-3-10(14)11(15)6-9/h2-6,12H,7,16H2,1H3. The van der Waals surface area contributed by atoms with Crippen LogP contribution in [0.5, 0.6) is 5.75 Å². The molecule has 5 heteroatoms. The Bertz CT molecular complexity index is 544. The molecule has 0 fully saturated rings. The molecule has 2 aromatic rings. The van der Waals surface area contributed by atoms with Crippen molar-refractivity contribution in [1.82, 2.24) is 0 Å². The van der Waals surface area contributed by atoms with Gasteiger partial charge in [0.25, 0.3) is 0 Å². The minimum absolute atomic E-state index is 0.231. The van der Waals surface area contributed by atoms with Gasteiger partial charge in [0, 0.05) is 17.5 Å². The molecule has 0 aliphatic carbocycles. The van der Waals surface area contributed by atoms with Gasteiger partial charge in [-0.05, 0) is 52.0 Å². The van der Waals surface area contributed by atoms with Crippen molar-refractivity contribution in [2.24, 2.45) is 5.73 Å². The molecule has 0 saturated carbocycles. The molecule has 1 unspecified atom stereocenters. The van der Waals surface area contributed by atoms with Gasteiger partial charge in [-0.15, -0.1) is 11.3 Å². The summed E-state index contributed by atoms with van der Waals surface area (Å²) in [5.41, 5.74) is 6.87. The molecule has 0 aliphatic rings. The van der Waals surface area contributed by atoms with Gasteiger partial charge in [0.15, 0.2) is 0 Å². The second-order valence-electron chi connectivity index (χ2n) is 3.89. The summed E-state index contributed by atoms with van der Waals surface area (Å²) in [7, 11) is 0. The topological polar surface area (TPSA) is 35.2 Å². The highest BCUT2D eigenvalue weighted by molar-refractivity contribution is 9.10. The summed E-state index contributed by atoms with van der Waals surface area (Å²) in [5, 5.41) is 2.00. The number of benzene rings is 1. The van der Waals surface area contributed by atoms with Crippen molar-refractivity contribution in [3.63, 3.8) is 0 Å². The van der Waals surface area contributed by atoms with Crippen LogP contribution in [0.1, 0.15) is 16.5 Å². The molecule has 1 aromatic heterocycles. The smallest absolute Gasteiger partial charge is 0.145 e. The highest BCUT2D eigenvalue weighted by atomic mass is 79.9. The second-order valence-corrected chi connectivity index (χ2v) is 5.69. The van der Waals surface area contributed by atoms with E-state index in [0.29, 0.717) is 16.8 Å². The maximum atomic E-state index is 13.4. The van der Waals surface area contributed by atoms with Crippen LogP contribution in [-0.4, -0.2) is 6.54 Å². The molecule has 2 N–H and O–H groups in total. The van der Waals surface area contributed by atoms with Gasteiger partial charge in [-0.2, -0.15) is 0 Å². The normalized spacial score (nSPS) is 12.4. The van der Waals surface area contributed by atoms with E-state index in [1.165, 1.54) is 6.07 Å². The third kappa shape index (κ3) is 2.91. The molecular weight excluding hydrogens is 317 g/mol. The lowest BCUT2D eigenvalue weighted by molar-refractivity contribution is 0.216. The summed E-state index contributed by atoms with van der Waals surface area (Å²) < 4.78 is 19.6. The zero-order valence-electron chi connectivity index (χ0n) is 9.82. The third-order valence-electron chi connectivity index (χ3n) is 2.58. The fraction of sp³-hybridized carbons (Fsp3) is 0.231. The van der Waals surface area contributed by atoms with Crippen molar-refractivity contribution >= 4 is 27.3 Å². The average Bonchev–Trinajstić information content (AvgIpc) is 2.77. The van der Waals surface area contributed by atoms with E-state index in [9.17, 15) is 4.39 Å². The van der Waals surface area contributed by atoms with Crippen LogP contribution < -0.4 is 10.5 Å². The first-order chi connectivity index (χ1) is 8.61. The van der Waals surface area contributed by atoms with Gasteiger partial charge in [0.1, 0.15) is 17.7 Å². The zero-order valence-corrected chi connectivity index (χ0v) is 12.2. The van der Waals surface area contributed by atoms with Crippen LogP contribution in [-0.2, 0) is 0 Å². The monoisotopic (exact) mass is 329 g/mol. The van der Waals surface area contributed by atoms with Crippen LogP contribution in [0.4, 0.5) is 4.39 Å². The molecular formula is C13H13BrFNOS. The summed E-state index contributed by atoms with van der Waals surface area (Å²) in [4.78, 5) is 1.08. The number of ether oxygens (including phenoxy) is 1. The SMILES string of the molecule is Cc1ccsc1C(CN)Oc1ccc(Br)c(F)c1. The first kappa shape index (κ1) is 13.5. The Morgan fingerprint density at radius 3 is 2.78 bits per heavy atom. The lowest BCUT2D eigenvalue weighted by Crippen LogP contribution is -2.18. The quantitative estimate of drug-likeness (QED) is 0.918. The second kappa shape index (κ2) is 5.82. The molecule has 0 amide bonds. The molecule has 0 spiro atoms. The number of hydrogen-bond donors (Lipinski definition) is 1. The van der Waals surface area contributed by atoms with Gasteiger partial charge >= 0.3 is 0 Å². The maximum Gasteiger partial charge on any atom is 0.145 e. The molecule has 2 nitrogen and oxygen atoms in total. The van der Waals surface area contributed by atoms with E-state index in [0.717, 1.165) is 10.4 Å². The Hall–Kier alpha value is -0.910. The van der Waals surface area contributed by atoms with Crippen molar-refractivity contribution in [3.8, 4) is 5.75 Å². The molecule has 0 bridgehead atoms. The van der Waals surface area contributed by atoms with E-state index in [2.05, 4.69) is 15.9 Å². The van der Waals surface area contributed by atoms with Crippen molar-refractivity contribution in [3.05, 3.63) is 50.4 Å². The van der Waals surface area contributed by atoms with E-state index in [4.69, 9.17) is 10.5 Å². The van der Waals surface area contributed by atoms with Gasteiger partial charge in [0.05, 0.1) is 4.47 Å². The van der Waals surface area contributed by atoms with Gasteiger partial charge < -0.3 is 10.5 Å². The van der Waals surface area contributed by atoms with Crippen molar-refractivity contribution in [2.75, 3.05) is 6.54 Å². The largest absolute Gasteiger partial charge is 0.483 e. The van der Waals surface area contributed by atoms with Gasteiger partial charge in [-0.3, -0.25) is 0 Å². The maximum absolute atomic E-state index is 13.4. The molecule has 18 heavy (non-hydrogen) atoms. The van der Waals surface area contributed by atoms with Crippen LogP contribution >= 0.6 is 27.3 Å². The predicted molar refractivity (Wildman–Crippen MR) is 75.6 cm³/mol. The first-order valence-electron chi connectivity index (χ1n) is 5.47. The molecule has 0 aliphatic heterocycles. The van der Waals surface area contributed by atoms with Gasteiger partial charge in [-0.1, -0.05) is 0 Å². The van der Waals surface area contributed by atoms with Crippen molar-refractivity contribution in [2.45, 2.75) is 13.0 Å². The van der Waals surface area contributed by atoms with Gasteiger partial charge in [0.2, 0.25) is 0 Å². The minimum atomic E-state index is -0.342. The molecule has 2 rings (SSSR count). The Balaban J connectivity index is 2.20. The lowest BCUT2D eigenvalue weighted by atomic mass is 10.2. The Labute approximate surface area is 118 Å². The number of hydrogen-bond acceptors (Lipinski definition) is 3. The van der Waals surface area contributed by atoms with E-state index < -0.39 is 0 Å². The van der Waals surface area contributed by atoms with E-state index in [1.807, 2.05) is 18.4 Å². The van der Waals surface area contributed by atoms with E-state index >= 15 is 0 Å². The summed E-state index contributed by atoms with van der Waals surface area (Å²) >= 11 is 4.71. The predicted octanol–water partition coefficient (Wildman–Crippen LogP) is 4.04. The molecule has 0 saturated heterocycles. The van der Waals surface area contributed by atoms with Crippen molar-refractivity contribution < 1.29 is 9.13 Å². The highest BCUT2D eigenvalue weighted by Crippen LogP contribution is 2.29. The van der Waals surface area contributed by atoms with Gasteiger partial charge in [-0.25, -0.2) is 4.39 Å². The summed E-state index contributed by atoms with van der Waals surface area (Å²) in [5.74, 6) is 0.144. The third-order valence-corrected chi connectivity index (χ3v) is 4.33. The average molecular weight is 330 g/mol. The van der Waals surface area contributed by atoms with Crippen LogP contribution in [0.3, 0.4) is 0 Å². The number of thiophene rings is 1. The summed E-state index contributed by atoms with van der Waals surface area (Å²) in [6.07, 6.45) is -0.231. The number of nitrogens with two attached hydrogens (primary N) is 1. The first-order valence-corrected chi connectivity index (χ1v) is 7.15. The molecule has 1 heterocycles. The Kier molecular flexibility index (Phi) is 4.37. The fourth-order valence-electron chi connectivity index (χ4n) is 1.64. The van der Waals surface area contributed by atoms with Crippen LogP contribution in [0.25, 0.3) is 0 Å². The minimum Gasteiger partial charge on any atom is -0.483 e. The lowest BCUT2D eigenvalue weighted by Gasteiger charge is -2.17. The zero-order chi connectivity index (χ0) is 13.1. The summed E-state index contributed by atoms with van der Waals surface area (Å²) in [6.45, 7) is 2.37. The van der Waals surface area contributed by atoms with Crippen LogP contribution in [0.15, 0.2) is 34.1 Å². The Morgan fingerprint density at radius 1 is 1.44 bits per heavy atom. The molecule has 96 valence electrons. The molecule has 0 radical (unpaired) electrons. The van der Waals surface area contributed by atoms with E-state index in [-0.39, 0.29) is 11.9 Å². The summed E-state index contributed by atoms with van der Waals surface area (Å²) in [6, 6.07) is 6.72. The van der Waals surface area contributed by atoms with Crippen LogP contribution in [0, 0.1) is 12.7 Å². The number of halogens is 2. The number of aryl methyl sites for hydroxylation is 1. The van der Waals surface area contributed by atoms with Crippen LogP contribution in [0.2, 0.25) is 0 Å². The molecule has 1 atom stereocenters. The van der Waals surface area contributed by atoms with E-state index in [1.54, 1.807) is 23.5 Å².